The molecule has 0 radical (unpaired) electrons. The van der Waals surface area contributed by atoms with Gasteiger partial charge in [-0.05, 0) is 30.3 Å². The van der Waals surface area contributed by atoms with Crippen LogP contribution in [0.1, 0.15) is 5.56 Å². The van der Waals surface area contributed by atoms with Crippen LogP contribution >= 0.6 is 11.6 Å². The van der Waals surface area contributed by atoms with Crippen LogP contribution in [0.2, 0.25) is 5.02 Å². The molecule has 7 heteroatoms. The average Bonchev–Trinajstić information content (AvgIpc) is 2.41. The third-order valence-corrected chi connectivity index (χ3v) is 2.80. The smallest absolute Gasteiger partial charge is 0.410 e. The normalized spacial score (nSPS) is 11.0. The third-order valence-electron chi connectivity index (χ3n) is 2.49. The minimum atomic E-state index is -4.49. The van der Waals surface area contributed by atoms with E-state index >= 15 is 0 Å². The van der Waals surface area contributed by atoms with Crippen molar-refractivity contribution >= 4 is 23.4 Å². The summed E-state index contributed by atoms with van der Waals surface area (Å²) >= 11 is 5.71. The van der Waals surface area contributed by atoms with Crippen LogP contribution in [0.4, 0.5) is 23.7 Å². The van der Waals surface area contributed by atoms with E-state index in [2.05, 4.69) is 5.32 Å². The number of para-hydroxylation sites is 1. The van der Waals surface area contributed by atoms with E-state index in [-0.39, 0.29) is 10.7 Å². The second-order valence-electron chi connectivity index (χ2n) is 4.02. The van der Waals surface area contributed by atoms with Gasteiger partial charge in [-0.2, -0.15) is 13.2 Å². The summed E-state index contributed by atoms with van der Waals surface area (Å²) in [5.74, 6) is 0.304. The molecule has 110 valence electrons. The predicted molar refractivity (Wildman–Crippen MR) is 72.5 cm³/mol. The van der Waals surface area contributed by atoms with Crippen molar-refractivity contribution in [2.45, 2.75) is 6.18 Å². The van der Waals surface area contributed by atoms with E-state index in [1.54, 1.807) is 30.3 Å². The van der Waals surface area contributed by atoms with E-state index in [0.29, 0.717) is 5.75 Å². The van der Waals surface area contributed by atoms with E-state index in [0.717, 1.165) is 18.2 Å². The number of carbonyl (C=O) groups is 1. The van der Waals surface area contributed by atoms with Gasteiger partial charge in [0, 0.05) is 0 Å². The summed E-state index contributed by atoms with van der Waals surface area (Å²) in [6.45, 7) is 0. The summed E-state index contributed by atoms with van der Waals surface area (Å²) in [5, 5.41) is 2.05. The van der Waals surface area contributed by atoms with Gasteiger partial charge in [0.25, 0.3) is 0 Å². The first-order valence-corrected chi connectivity index (χ1v) is 6.14. The highest BCUT2D eigenvalue weighted by Gasteiger charge is 2.31. The zero-order valence-corrected chi connectivity index (χ0v) is 11.2. The summed E-state index contributed by atoms with van der Waals surface area (Å²) in [4.78, 5) is 11.6. The number of carbonyl (C=O) groups excluding carboxylic acids is 1. The molecule has 1 amide bonds. The standard InChI is InChI=1S/C14H9ClF3NO2/c15-11-8-9(14(16,17)18)6-7-12(11)19-13(20)21-10-4-2-1-3-5-10/h1-8H,(H,19,20). The average molecular weight is 316 g/mol. The zero-order chi connectivity index (χ0) is 15.5. The van der Waals surface area contributed by atoms with E-state index in [1.807, 2.05) is 0 Å². The number of alkyl halides is 3. The van der Waals surface area contributed by atoms with Gasteiger partial charge in [0.15, 0.2) is 0 Å². The fourth-order valence-electron chi connectivity index (χ4n) is 1.52. The Bertz CT molecular complexity index is 644. The molecule has 0 aliphatic heterocycles. The number of rotatable bonds is 2. The van der Waals surface area contributed by atoms with Crippen LogP contribution in [0.5, 0.6) is 5.75 Å². The van der Waals surface area contributed by atoms with Gasteiger partial charge in [-0.15, -0.1) is 0 Å². The van der Waals surface area contributed by atoms with Gasteiger partial charge >= 0.3 is 12.3 Å². The maximum absolute atomic E-state index is 12.5. The molecule has 21 heavy (non-hydrogen) atoms. The van der Waals surface area contributed by atoms with E-state index in [9.17, 15) is 18.0 Å². The fraction of sp³-hybridized carbons (Fsp3) is 0.0714. The molecular weight excluding hydrogens is 307 g/mol. The van der Waals surface area contributed by atoms with Crippen LogP contribution in [0, 0.1) is 0 Å². The van der Waals surface area contributed by atoms with E-state index in [1.165, 1.54) is 0 Å². The molecule has 0 saturated carbocycles. The number of benzene rings is 2. The van der Waals surface area contributed by atoms with Crippen LogP contribution in [-0.4, -0.2) is 6.09 Å². The Morgan fingerprint density at radius 1 is 1.10 bits per heavy atom. The molecule has 2 aromatic rings. The molecule has 0 spiro atoms. The first kappa shape index (κ1) is 15.2. The van der Waals surface area contributed by atoms with Crippen LogP contribution in [0.25, 0.3) is 0 Å². The Kier molecular flexibility index (Phi) is 4.37. The summed E-state index contributed by atoms with van der Waals surface area (Å²) in [5.41, 5.74) is -0.861. The van der Waals surface area contributed by atoms with Crippen molar-refractivity contribution in [3.05, 3.63) is 59.1 Å². The summed E-state index contributed by atoms with van der Waals surface area (Å²) < 4.78 is 42.4. The first-order chi connectivity index (χ1) is 9.86. The largest absolute Gasteiger partial charge is 0.417 e. The molecule has 3 nitrogen and oxygen atoms in total. The number of hydrogen-bond donors (Lipinski definition) is 1. The van der Waals surface area contributed by atoms with Crippen molar-refractivity contribution < 1.29 is 22.7 Å². The van der Waals surface area contributed by atoms with Gasteiger partial charge in [0.05, 0.1) is 16.3 Å². The van der Waals surface area contributed by atoms with Crippen LogP contribution in [0.3, 0.4) is 0 Å². The lowest BCUT2D eigenvalue weighted by Crippen LogP contribution is -2.17. The highest BCUT2D eigenvalue weighted by Crippen LogP contribution is 2.33. The second-order valence-corrected chi connectivity index (χ2v) is 4.43. The van der Waals surface area contributed by atoms with E-state index in [4.69, 9.17) is 16.3 Å². The maximum Gasteiger partial charge on any atom is 0.417 e. The first-order valence-electron chi connectivity index (χ1n) is 5.77. The molecule has 0 unspecified atom stereocenters. The third kappa shape index (κ3) is 4.13. The molecule has 0 aliphatic carbocycles. The molecule has 0 saturated heterocycles. The molecule has 0 bridgehead atoms. The number of anilines is 1. The molecule has 0 atom stereocenters. The van der Waals surface area contributed by atoms with Crippen molar-refractivity contribution in [1.82, 2.24) is 0 Å². The molecule has 1 N–H and O–H groups in total. The molecule has 0 heterocycles. The molecule has 2 aromatic carbocycles. The number of hydrogen-bond acceptors (Lipinski definition) is 2. The van der Waals surface area contributed by atoms with E-state index < -0.39 is 17.8 Å². The monoisotopic (exact) mass is 315 g/mol. The summed E-state index contributed by atoms with van der Waals surface area (Å²) in [7, 11) is 0. The van der Waals surface area contributed by atoms with Crippen molar-refractivity contribution in [2.24, 2.45) is 0 Å². The minimum absolute atomic E-state index is 0.0330. The lowest BCUT2D eigenvalue weighted by molar-refractivity contribution is -0.137. The van der Waals surface area contributed by atoms with Crippen LogP contribution < -0.4 is 10.1 Å². The molecule has 0 fully saturated rings. The fourth-order valence-corrected chi connectivity index (χ4v) is 1.75. The molecule has 0 aliphatic rings. The topological polar surface area (TPSA) is 38.3 Å². The number of amides is 1. The number of nitrogens with one attached hydrogen (secondary N) is 1. The lowest BCUT2D eigenvalue weighted by Gasteiger charge is -2.11. The van der Waals surface area contributed by atoms with Crippen molar-refractivity contribution in [3.63, 3.8) is 0 Å². The van der Waals surface area contributed by atoms with Gasteiger partial charge in [0.2, 0.25) is 0 Å². The Balaban J connectivity index is 2.08. The van der Waals surface area contributed by atoms with Gasteiger partial charge in [-0.3, -0.25) is 5.32 Å². The maximum atomic E-state index is 12.5. The van der Waals surface area contributed by atoms with Gasteiger partial charge in [0.1, 0.15) is 5.75 Å². The van der Waals surface area contributed by atoms with Gasteiger partial charge < -0.3 is 4.74 Å². The second kappa shape index (κ2) is 6.05. The molecular formula is C14H9ClF3NO2. The quantitative estimate of drug-likeness (QED) is 0.849. The number of halogens is 4. The summed E-state index contributed by atoms with van der Waals surface area (Å²) in [6.07, 6.45) is -5.34. The van der Waals surface area contributed by atoms with Crippen LogP contribution in [0.15, 0.2) is 48.5 Å². The Hall–Kier alpha value is -2.21. The molecule has 0 aromatic heterocycles. The van der Waals surface area contributed by atoms with Gasteiger partial charge in [-0.25, -0.2) is 4.79 Å². The SMILES string of the molecule is O=C(Nc1ccc(C(F)(F)F)cc1Cl)Oc1ccccc1. The van der Waals surface area contributed by atoms with Crippen molar-refractivity contribution in [3.8, 4) is 5.75 Å². The lowest BCUT2D eigenvalue weighted by atomic mass is 10.2. The Morgan fingerprint density at radius 3 is 2.33 bits per heavy atom. The highest BCUT2D eigenvalue weighted by atomic mass is 35.5. The van der Waals surface area contributed by atoms with Crippen molar-refractivity contribution in [1.29, 1.82) is 0 Å². The predicted octanol–water partition coefficient (Wildman–Crippen LogP) is 4.97. The Labute approximate surface area is 123 Å². The number of ether oxygens (including phenoxy) is 1. The minimum Gasteiger partial charge on any atom is -0.410 e. The van der Waals surface area contributed by atoms with Gasteiger partial charge in [-0.1, -0.05) is 29.8 Å². The zero-order valence-electron chi connectivity index (χ0n) is 10.4. The Morgan fingerprint density at radius 2 is 1.76 bits per heavy atom. The highest BCUT2D eigenvalue weighted by molar-refractivity contribution is 6.33. The summed E-state index contributed by atoms with van der Waals surface area (Å²) in [6, 6.07) is 10.8. The van der Waals surface area contributed by atoms with Crippen LogP contribution in [-0.2, 0) is 6.18 Å². The van der Waals surface area contributed by atoms with Crippen molar-refractivity contribution in [2.75, 3.05) is 5.32 Å². The molecule has 2 rings (SSSR count).